The molecule has 0 spiro atoms. The lowest BCUT2D eigenvalue weighted by Crippen LogP contribution is -2.10. The summed E-state index contributed by atoms with van der Waals surface area (Å²) in [6.07, 6.45) is 1.03. The first-order valence-corrected chi connectivity index (χ1v) is 7.83. The Morgan fingerprint density at radius 2 is 1.62 bits per heavy atom. The van der Waals surface area contributed by atoms with E-state index < -0.39 is 0 Å². The minimum absolute atomic E-state index is 0.204. The summed E-state index contributed by atoms with van der Waals surface area (Å²) in [7, 11) is 0. The van der Waals surface area contributed by atoms with E-state index in [9.17, 15) is 0 Å². The van der Waals surface area contributed by atoms with Crippen LogP contribution >= 0.6 is 0 Å². The minimum atomic E-state index is 0.204. The second kappa shape index (κ2) is 6.44. The van der Waals surface area contributed by atoms with Crippen LogP contribution in [-0.2, 0) is 5.41 Å². The fourth-order valence-corrected chi connectivity index (χ4v) is 2.60. The van der Waals surface area contributed by atoms with Gasteiger partial charge in [-0.3, -0.25) is 0 Å². The van der Waals surface area contributed by atoms with E-state index in [1.165, 1.54) is 22.3 Å². The summed E-state index contributed by atoms with van der Waals surface area (Å²) in [5, 5.41) is 0. The van der Waals surface area contributed by atoms with Crippen molar-refractivity contribution in [3.05, 3.63) is 59.7 Å². The SMILES string of the molecule is CC(CCN)c1cccc(-c2ccc(C(C)(C)C)cc2)c1. The Bertz CT molecular complexity index is 576. The van der Waals surface area contributed by atoms with Crippen molar-refractivity contribution in [2.75, 3.05) is 6.54 Å². The molecule has 0 radical (unpaired) electrons. The van der Waals surface area contributed by atoms with Crippen LogP contribution in [0.1, 0.15) is 51.2 Å². The average Bonchev–Trinajstić information content (AvgIpc) is 2.47. The van der Waals surface area contributed by atoms with Gasteiger partial charge in [0.25, 0.3) is 0 Å². The number of hydrogen-bond acceptors (Lipinski definition) is 1. The Morgan fingerprint density at radius 3 is 2.19 bits per heavy atom. The average molecular weight is 281 g/mol. The third kappa shape index (κ3) is 3.95. The Morgan fingerprint density at radius 1 is 0.952 bits per heavy atom. The molecule has 2 aromatic carbocycles. The molecule has 0 amide bonds. The highest BCUT2D eigenvalue weighted by Crippen LogP contribution is 2.28. The van der Waals surface area contributed by atoms with Crippen molar-refractivity contribution in [1.29, 1.82) is 0 Å². The summed E-state index contributed by atoms with van der Waals surface area (Å²) >= 11 is 0. The highest BCUT2D eigenvalue weighted by atomic mass is 14.5. The van der Waals surface area contributed by atoms with Crippen LogP contribution in [0.5, 0.6) is 0 Å². The number of benzene rings is 2. The monoisotopic (exact) mass is 281 g/mol. The fourth-order valence-electron chi connectivity index (χ4n) is 2.60. The lowest BCUT2D eigenvalue weighted by molar-refractivity contribution is 0.590. The molecule has 0 bridgehead atoms. The van der Waals surface area contributed by atoms with Crippen LogP contribution in [-0.4, -0.2) is 6.54 Å². The molecule has 0 aromatic heterocycles. The predicted octanol–water partition coefficient (Wildman–Crippen LogP) is 5.10. The summed E-state index contributed by atoms with van der Waals surface area (Å²) in [6.45, 7) is 9.73. The molecular formula is C20H27N. The van der Waals surface area contributed by atoms with Gasteiger partial charge < -0.3 is 5.73 Å². The summed E-state index contributed by atoms with van der Waals surface area (Å²) in [4.78, 5) is 0. The molecule has 1 atom stereocenters. The van der Waals surface area contributed by atoms with Crippen molar-refractivity contribution in [2.24, 2.45) is 5.73 Å². The maximum Gasteiger partial charge on any atom is -0.00715 e. The topological polar surface area (TPSA) is 26.0 Å². The standard InChI is InChI=1S/C20H27N/c1-15(12-13-21)17-6-5-7-18(14-17)16-8-10-19(11-9-16)20(2,3)4/h5-11,14-15H,12-13,21H2,1-4H3. The minimum Gasteiger partial charge on any atom is -0.330 e. The molecule has 0 fully saturated rings. The van der Waals surface area contributed by atoms with Crippen molar-refractivity contribution >= 4 is 0 Å². The second-order valence-electron chi connectivity index (χ2n) is 6.93. The van der Waals surface area contributed by atoms with E-state index in [1.807, 2.05) is 0 Å². The van der Waals surface area contributed by atoms with E-state index in [-0.39, 0.29) is 5.41 Å². The van der Waals surface area contributed by atoms with Gasteiger partial charge in [-0.25, -0.2) is 0 Å². The molecular weight excluding hydrogens is 254 g/mol. The highest BCUT2D eigenvalue weighted by Gasteiger charge is 2.13. The van der Waals surface area contributed by atoms with Crippen LogP contribution in [0.3, 0.4) is 0 Å². The van der Waals surface area contributed by atoms with E-state index in [0.29, 0.717) is 5.92 Å². The lowest BCUT2D eigenvalue weighted by Gasteiger charge is -2.19. The van der Waals surface area contributed by atoms with E-state index in [0.717, 1.165) is 13.0 Å². The third-order valence-corrected chi connectivity index (χ3v) is 4.14. The van der Waals surface area contributed by atoms with Crippen LogP contribution in [0.2, 0.25) is 0 Å². The van der Waals surface area contributed by atoms with Crippen molar-refractivity contribution in [1.82, 2.24) is 0 Å². The molecule has 1 unspecified atom stereocenters. The van der Waals surface area contributed by atoms with Gasteiger partial charge in [-0.15, -0.1) is 0 Å². The molecule has 0 saturated heterocycles. The van der Waals surface area contributed by atoms with Gasteiger partial charge in [0.15, 0.2) is 0 Å². The molecule has 112 valence electrons. The van der Waals surface area contributed by atoms with Crippen molar-refractivity contribution in [3.63, 3.8) is 0 Å². The molecule has 1 nitrogen and oxygen atoms in total. The predicted molar refractivity (Wildman–Crippen MR) is 92.7 cm³/mol. The summed E-state index contributed by atoms with van der Waals surface area (Å²) in [5.74, 6) is 0.517. The zero-order chi connectivity index (χ0) is 15.5. The molecule has 0 aliphatic heterocycles. The van der Waals surface area contributed by atoms with E-state index >= 15 is 0 Å². The largest absolute Gasteiger partial charge is 0.330 e. The van der Waals surface area contributed by atoms with Gasteiger partial charge in [0, 0.05) is 0 Å². The third-order valence-electron chi connectivity index (χ3n) is 4.14. The van der Waals surface area contributed by atoms with Gasteiger partial charge in [-0.1, -0.05) is 76.2 Å². The first-order valence-electron chi connectivity index (χ1n) is 7.83. The number of hydrogen-bond donors (Lipinski definition) is 1. The van der Waals surface area contributed by atoms with Gasteiger partial charge in [0.1, 0.15) is 0 Å². The van der Waals surface area contributed by atoms with Crippen LogP contribution in [0, 0.1) is 0 Å². The summed E-state index contributed by atoms with van der Waals surface area (Å²) in [6, 6.07) is 17.8. The number of rotatable bonds is 4. The molecule has 0 aliphatic carbocycles. The van der Waals surface area contributed by atoms with Gasteiger partial charge in [-0.05, 0) is 46.6 Å². The Labute approximate surface area is 129 Å². The maximum atomic E-state index is 5.67. The van der Waals surface area contributed by atoms with E-state index in [2.05, 4.69) is 76.2 Å². The molecule has 1 heteroatoms. The summed E-state index contributed by atoms with van der Waals surface area (Å²) < 4.78 is 0. The Balaban J connectivity index is 2.28. The maximum absolute atomic E-state index is 5.67. The molecule has 0 saturated carbocycles. The molecule has 2 rings (SSSR count). The smallest absolute Gasteiger partial charge is 0.00715 e. The Kier molecular flexibility index (Phi) is 4.84. The lowest BCUT2D eigenvalue weighted by atomic mass is 9.86. The van der Waals surface area contributed by atoms with Crippen LogP contribution in [0.15, 0.2) is 48.5 Å². The molecule has 2 N–H and O–H groups in total. The highest BCUT2D eigenvalue weighted by molar-refractivity contribution is 5.64. The fraction of sp³-hybridized carbons (Fsp3) is 0.400. The Hall–Kier alpha value is -1.60. The first-order chi connectivity index (χ1) is 9.91. The number of nitrogens with two attached hydrogens (primary N) is 1. The van der Waals surface area contributed by atoms with Crippen LogP contribution in [0.25, 0.3) is 11.1 Å². The van der Waals surface area contributed by atoms with Crippen molar-refractivity contribution < 1.29 is 0 Å². The van der Waals surface area contributed by atoms with Crippen LogP contribution < -0.4 is 5.73 Å². The zero-order valence-corrected chi connectivity index (χ0v) is 13.7. The van der Waals surface area contributed by atoms with E-state index in [4.69, 9.17) is 5.73 Å². The van der Waals surface area contributed by atoms with Gasteiger partial charge in [-0.2, -0.15) is 0 Å². The van der Waals surface area contributed by atoms with Crippen molar-refractivity contribution in [3.8, 4) is 11.1 Å². The van der Waals surface area contributed by atoms with Crippen molar-refractivity contribution in [2.45, 2.75) is 45.4 Å². The zero-order valence-electron chi connectivity index (χ0n) is 13.7. The van der Waals surface area contributed by atoms with Gasteiger partial charge in [0.05, 0.1) is 0 Å². The van der Waals surface area contributed by atoms with Gasteiger partial charge >= 0.3 is 0 Å². The first kappa shape index (κ1) is 15.8. The van der Waals surface area contributed by atoms with Gasteiger partial charge in [0.2, 0.25) is 0 Å². The molecule has 2 aromatic rings. The molecule has 21 heavy (non-hydrogen) atoms. The van der Waals surface area contributed by atoms with Crippen LogP contribution in [0.4, 0.5) is 0 Å². The summed E-state index contributed by atoms with van der Waals surface area (Å²) in [5.41, 5.74) is 11.2. The quantitative estimate of drug-likeness (QED) is 0.828. The molecule has 0 aliphatic rings. The normalized spacial score (nSPS) is 13.2. The van der Waals surface area contributed by atoms with E-state index in [1.54, 1.807) is 0 Å². The molecule has 0 heterocycles. The second-order valence-corrected chi connectivity index (χ2v) is 6.93.